The second-order valence-corrected chi connectivity index (χ2v) is 14.7. The molecule has 51 heavy (non-hydrogen) atoms. The Bertz CT molecular complexity index is 3160. The van der Waals surface area contributed by atoms with E-state index < -0.39 is 0 Å². The molecular weight excluding hydrogens is 665 g/mol. The third-order valence-corrected chi connectivity index (χ3v) is 11.7. The third kappa shape index (κ3) is 4.59. The van der Waals surface area contributed by atoms with Crippen molar-refractivity contribution in [2.45, 2.75) is 0 Å². The Morgan fingerprint density at radius 1 is 0.412 bits per heavy atom. The van der Waals surface area contributed by atoms with E-state index in [0.29, 0.717) is 17.5 Å². The molecule has 11 aromatic rings. The van der Waals surface area contributed by atoms with E-state index in [-0.39, 0.29) is 0 Å². The van der Waals surface area contributed by atoms with Gasteiger partial charge in [0.1, 0.15) is 16.2 Å². The Kier molecular flexibility index (Phi) is 6.22. The molecule has 0 saturated carbocycles. The minimum Gasteiger partial charge on any atom is -0.456 e. The van der Waals surface area contributed by atoms with Crippen LogP contribution in [0.3, 0.4) is 0 Å². The van der Waals surface area contributed by atoms with Gasteiger partial charge < -0.3 is 4.42 Å². The number of nitrogens with zero attached hydrogens (tertiary/aromatic N) is 4. The van der Waals surface area contributed by atoms with Crippen LogP contribution < -0.4 is 0 Å². The number of rotatable bonds is 4. The molecule has 0 aliphatic carbocycles. The summed E-state index contributed by atoms with van der Waals surface area (Å²) < 4.78 is 9.61. The number of hydrogen-bond donors (Lipinski definition) is 0. The van der Waals surface area contributed by atoms with Gasteiger partial charge in [-0.05, 0) is 59.3 Å². The summed E-state index contributed by atoms with van der Waals surface area (Å²) in [5.74, 6) is 1.93. The van der Waals surface area contributed by atoms with Crippen LogP contribution in [0.25, 0.3) is 108 Å². The van der Waals surface area contributed by atoms with Crippen LogP contribution in [0.5, 0.6) is 0 Å². The van der Waals surface area contributed by atoms with Gasteiger partial charge in [0.2, 0.25) is 0 Å². The molecule has 0 amide bonds. The topological polar surface area (TPSA) is 64.7 Å². The molecule has 0 N–H and O–H groups in total. The number of aromatic nitrogens is 4. The number of hydrogen-bond acceptors (Lipinski definition) is 7. The van der Waals surface area contributed by atoms with Gasteiger partial charge in [0.25, 0.3) is 0 Å². The molecule has 0 spiro atoms. The van der Waals surface area contributed by atoms with Gasteiger partial charge in [0.15, 0.2) is 17.5 Å². The van der Waals surface area contributed by atoms with Gasteiger partial charge in [-0.25, -0.2) is 19.9 Å². The van der Waals surface area contributed by atoms with Crippen LogP contribution in [0.15, 0.2) is 150 Å². The summed E-state index contributed by atoms with van der Waals surface area (Å²) in [6.45, 7) is 0. The number of fused-ring (bicyclic) bond motifs is 9. The minimum atomic E-state index is 0.641. The predicted octanol–water partition coefficient (Wildman–Crippen LogP) is 12.6. The monoisotopic (exact) mass is 688 g/mol. The Labute approximate surface area is 299 Å². The van der Waals surface area contributed by atoms with Crippen LogP contribution in [-0.4, -0.2) is 19.9 Å². The summed E-state index contributed by atoms with van der Waals surface area (Å²) in [5, 5.41) is 7.76. The van der Waals surface area contributed by atoms with E-state index in [9.17, 15) is 0 Å². The summed E-state index contributed by atoms with van der Waals surface area (Å²) in [6.07, 6.45) is 0. The maximum atomic E-state index is 6.11. The molecule has 0 fully saturated rings. The van der Waals surface area contributed by atoms with Crippen LogP contribution in [-0.2, 0) is 0 Å². The average molecular weight is 689 g/mol. The van der Waals surface area contributed by atoms with E-state index in [1.54, 1.807) is 22.7 Å². The zero-order valence-electron chi connectivity index (χ0n) is 26.9. The molecule has 0 aliphatic heterocycles. The van der Waals surface area contributed by atoms with E-state index in [0.717, 1.165) is 75.6 Å². The standard InChI is InChI=1S/C44H24N4OS2/c1-2-10-26(11-3-1)41-46-42(28-18-17-25-9-4-5-12-27(25)23-28)48-43(47-41)31-14-8-16-35-38(31)39-36(50-35)21-22-37-40(39)45-44(51-37)29-19-20-34-32(24-29)30-13-6-7-15-33(30)49-34/h1-24H. The molecule has 7 heteroatoms. The Morgan fingerprint density at radius 3 is 2.06 bits per heavy atom. The maximum absolute atomic E-state index is 6.11. The molecule has 11 rings (SSSR count). The Balaban J connectivity index is 1.13. The van der Waals surface area contributed by atoms with E-state index in [2.05, 4.69) is 103 Å². The van der Waals surface area contributed by atoms with E-state index >= 15 is 0 Å². The summed E-state index contributed by atoms with van der Waals surface area (Å²) in [4.78, 5) is 20.7. The Hall–Kier alpha value is -6.28. The molecule has 4 heterocycles. The van der Waals surface area contributed by atoms with Gasteiger partial charge in [0, 0.05) is 53.2 Å². The molecule has 0 aliphatic rings. The second-order valence-electron chi connectivity index (χ2n) is 12.6. The molecule has 5 nitrogen and oxygen atoms in total. The van der Waals surface area contributed by atoms with Crippen LogP contribution in [0, 0.1) is 0 Å². The maximum Gasteiger partial charge on any atom is 0.164 e. The summed E-state index contributed by atoms with van der Waals surface area (Å²) in [5.41, 5.74) is 6.71. The average Bonchev–Trinajstić information content (AvgIpc) is 3.91. The molecule has 0 bridgehead atoms. The highest BCUT2D eigenvalue weighted by atomic mass is 32.1. The van der Waals surface area contributed by atoms with Gasteiger partial charge >= 0.3 is 0 Å². The number of para-hydroxylation sites is 1. The number of thiazole rings is 1. The van der Waals surface area contributed by atoms with Crippen molar-refractivity contribution in [2.24, 2.45) is 0 Å². The molecule has 0 atom stereocenters. The summed E-state index contributed by atoms with van der Waals surface area (Å²) in [7, 11) is 0. The highest BCUT2D eigenvalue weighted by Crippen LogP contribution is 2.45. The first kappa shape index (κ1) is 28.5. The predicted molar refractivity (Wildman–Crippen MR) is 212 cm³/mol. The molecule has 238 valence electrons. The zero-order valence-corrected chi connectivity index (χ0v) is 28.5. The zero-order chi connectivity index (χ0) is 33.5. The third-order valence-electron chi connectivity index (χ3n) is 9.56. The molecule has 4 aromatic heterocycles. The SMILES string of the molecule is c1ccc(-c2nc(-c3ccc4ccccc4c3)nc(-c3cccc4sc5ccc6sc(-c7ccc8oc9ccccc9c8c7)nc6c5c34)n2)cc1. The quantitative estimate of drug-likeness (QED) is 0.184. The van der Waals surface area contributed by atoms with Crippen molar-refractivity contribution in [1.29, 1.82) is 0 Å². The van der Waals surface area contributed by atoms with Crippen LogP contribution in [0.2, 0.25) is 0 Å². The lowest BCUT2D eigenvalue weighted by molar-refractivity contribution is 0.669. The molecule has 0 unspecified atom stereocenters. The first-order valence-corrected chi connectivity index (χ1v) is 18.3. The fourth-order valence-corrected chi connectivity index (χ4v) is 9.24. The normalized spacial score (nSPS) is 11.9. The fourth-order valence-electron chi connectivity index (χ4n) is 7.13. The van der Waals surface area contributed by atoms with Crippen molar-refractivity contribution < 1.29 is 4.42 Å². The van der Waals surface area contributed by atoms with Crippen LogP contribution in [0.1, 0.15) is 0 Å². The lowest BCUT2D eigenvalue weighted by Crippen LogP contribution is -2.00. The van der Waals surface area contributed by atoms with Crippen molar-refractivity contribution in [3.05, 3.63) is 146 Å². The Morgan fingerprint density at radius 2 is 1.14 bits per heavy atom. The molecule has 0 saturated heterocycles. The second kappa shape index (κ2) is 11.1. The number of furan rings is 1. The van der Waals surface area contributed by atoms with Crippen molar-refractivity contribution in [2.75, 3.05) is 0 Å². The van der Waals surface area contributed by atoms with Crippen molar-refractivity contribution in [1.82, 2.24) is 19.9 Å². The largest absolute Gasteiger partial charge is 0.456 e. The smallest absolute Gasteiger partial charge is 0.164 e. The summed E-state index contributed by atoms with van der Waals surface area (Å²) >= 11 is 3.50. The van der Waals surface area contributed by atoms with Crippen LogP contribution >= 0.6 is 22.7 Å². The summed E-state index contributed by atoms with van der Waals surface area (Å²) in [6, 6.07) is 50.3. The van der Waals surface area contributed by atoms with Crippen LogP contribution in [0.4, 0.5) is 0 Å². The first-order valence-electron chi connectivity index (χ1n) is 16.7. The first-order chi connectivity index (χ1) is 25.2. The van der Waals surface area contributed by atoms with Gasteiger partial charge in [0.05, 0.1) is 10.2 Å². The van der Waals surface area contributed by atoms with Crippen molar-refractivity contribution >= 4 is 85.8 Å². The highest BCUT2D eigenvalue weighted by Gasteiger charge is 2.20. The highest BCUT2D eigenvalue weighted by molar-refractivity contribution is 7.26. The van der Waals surface area contributed by atoms with E-state index in [1.807, 2.05) is 42.5 Å². The van der Waals surface area contributed by atoms with Gasteiger partial charge in [-0.2, -0.15) is 0 Å². The van der Waals surface area contributed by atoms with Crippen molar-refractivity contribution in [3.63, 3.8) is 0 Å². The number of benzene rings is 7. The van der Waals surface area contributed by atoms with Crippen molar-refractivity contribution in [3.8, 4) is 44.7 Å². The van der Waals surface area contributed by atoms with Gasteiger partial charge in [-0.1, -0.05) is 97.1 Å². The molecule has 0 radical (unpaired) electrons. The lowest BCUT2D eigenvalue weighted by atomic mass is 10.0. The molecule has 7 aromatic carbocycles. The van der Waals surface area contributed by atoms with Gasteiger partial charge in [-0.15, -0.1) is 22.7 Å². The molecular formula is C44H24N4OS2. The van der Waals surface area contributed by atoms with E-state index in [1.165, 1.54) is 14.8 Å². The van der Waals surface area contributed by atoms with E-state index in [4.69, 9.17) is 24.4 Å². The van der Waals surface area contributed by atoms with Gasteiger partial charge in [-0.3, -0.25) is 0 Å². The fraction of sp³-hybridized carbons (Fsp3) is 0. The minimum absolute atomic E-state index is 0.641. The lowest BCUT2D eigenvalue weighted by Gasteiger charge is -2.10. The number of thiophene rings is 1.